The van der Waals surface area contributed by atoms with Crippen LogP contribution in [0.5, 0.6) is 0 Å². The number of hydrogen-bond donors (Lipinski definition) is 2. The summed E-state index contributed by atoms with van der Waals surface area (Å²) in [5.74, 6) is -1.15. The van der Waals surface area contributed by atoms with Crippen molar-refractivity contribution < 1.29 is 19.1 Å². The van der Waals surface area contributed by atoms with Crippen LogP contribution in [0.2, 0.25) is 0 Å². The molecule has 0 saturated heterocycles. The smallest absolute Gasteiger partial charge is 0.348 e. The van der Waals surface area contributed by atoms with Gasteiger partial charge in [-0.05, 0) is 43.7 Å². The van der Waals surface area contributed by atoms with Crippen molar-refractivity contribution in [1.29, 1.82) is 5.26 Å². The van der Waals surface area contributed by atoms with Crippen LogP contribution in [-0.2, 0) is 9.53 Å². The summed E-state index contributed by atoms with van der Waals surface area (Å²) in [5.41, 5.74) is 1.64. The molecule has 1 aromatic carbocycles. The Kier molecular flexibility index (Phi) is 6.09. The molecule has 0 saturated carbocycles. The van der Waals surface area contributed by atoms with Crippen LogP contribution in [0.3, 0.4) is 0 Å². The van der Waals surface area contributed by atoms with Gasteiger partial charge in [0.2, 0.25) is 5.91 Å². The van der Waals surface area contributed by atoms with Crippen molar-refractivity contribution >= 4 is 39.8 Å². The van der Waals surface area contributed by atoms with Crippen LogP contribution in [0.15, 0.2) is 24.3 Å². The predicted molar refractivity (Wildman–Crippen MR) is 98.4 cm³/mol. The second kappa shape index (κ2) is 8.27. The highest BCUT2D eigenvalue weighted by molar-refractivity contribution is 7.18. The van der Waals surface area contributed by atoms with E-state index in [1.54, 1.807) is 38.1 Å². The van der Waals surface area contributed by atoms with Gasteiger partial charge in [0.05, 0.1) is 12.2 Å². The van der Waals surface area contributed by atoms with Crippen LogP contribution in [0.4, 0.5) is 10.7 Å². The number of nitriles is 1. The van der Waals surface area contributed by atoms with Crippen LogP contribution >= 0.6 is 11.3 Å². The summed E-state index contributed by atoms with van der Waals surface area (Å²) in [5, 5.41) is 14.9. The minimum Gasteiger partial charge on any atom is -0.462 e. The summed E-state index contributed by atoms with van der Waals surface area (Å²) < 4.78 is 4.97. The lowest BCUT2D eigenvalue weighted by Gasteiger charge is -2.05. The average Bonchev–Trinajstić information content (AvgIpc) is 2.90. The fourth-order valence-electron chi connectivity index (χ4n) is 2.21. The van der Waals surface area contributed by atoms with Gasteiger partial charge in [0.1, 0.15) is 15.9 Å². The molecule has 0 radical (unpaired) electrons. The summed E-state index contributed by atoms with van der Waals surface area (Å²) in [6.07, 6.45) is 0. The molecule has 2 aromatic rings. The van der Waals surface area contributed by atoms with Gasteiger partial charge in [0.25, 0.3) is 5.91 Å². The Bertz CT molecular complexity index is 894. The zero-order valence-electron chi connectivity index (χ0n) is 14.5. The monoisotopic (exact) mass is 371 g/mol. The van der Waals surface area contributed by atoms with Gasteiger partial charge >= 0.3 is 5.97 Å². The number of nitrogens with zero attached hydrogens (tertiary/aromatic N) is 1. The number of nitrogens with one attached hydrogen (secondary N) is 2. The molecule has 0 aliphatic rings. The largest absolute Gasteiger partial charge is 0.462 e. The van der Waals surface area contributed by atoms with Crippen molar-refractivity contribution in [2.45, 2.75) is 20.8 Å². The summed E-state index contributed by atoms with van der Waals surface area (Å²) in [4.78, 5) is 35.7. The lowest BCUT2D eigenvalue weighted by Crippen LogP contribution is -2.12. The molecule has 1 heterocycles. The first-order chi connectivity index (χ1) is 12.4. The minimum absolute atomic E-state index is 0.207. The molecule has 0 atom stereocenters. The lowest BCUT2D eigenvalue weighted by molar-refractivity contribution is -0.114. The predicted octanol–water partition coefficient (Wildman–Crippen LogP) is 3.32. The highest BCUT2D eigenvalue weighted by Crippen LogP contribution is 2.33. The van der Waals surface area contributed by atoms with E-state index in [1.807, 2.05) is 6.07 Å². The van der Waals surface area contributed by atoms with E-state index in [4.69, 9.17) is 4.74 Å². The molecule has 134 valence electrons. The number of anilines is 2. The van der Waals surface area contributed by atoms with Crippen LogP contribution < -0.4 is 10.6 Å². The molecule has 7 nitrogen and oxygen atoms in total. The summed E-state index contributed by atoms with van der Waals surface area (Å²) >= 11 is 1.01. The molecule has 8 heteroatoms. The Morgan fingerprint density at radius 3 is 2.38 bits per heavy atom. The highest BCUT2D eigenvalue weighted by atomic mass is 32.1. The molecule has 0 bridgehead atoms. The number of rotatable bonds is 5. The van der Waals surface area contributed by atoms with E-state index in [9.17, 15) is 19.6 Å². The van der Waals surface area contributed by atoms with Crippen molar-refractivity contribution in [2.24, 2.45) is 0 Å². The quantitative estimate of drug-likeness (QED) is 0.784. The average molecular weight is 371 g/mol. The van der Waals surface area contributed by atoms with E-state index in [2.05, 4.69) is 10.6 Å². The van der Waals surface area contributed by atoms with Crippen LogP contribution in [-0.4, -0.2) is 24.4 Å². The summed E-state index contributed by atoms with van der Waals surface area (Å²) in [6.45, 7) is 4.95. The first-order valence-electron chi connectivity index (χ1n) is 7.77. The normalized spacial score (nSPS) is 9.92. The molecule has 2 rings (SSSR count). The van der Waals surface area contributed by atoms with Gasteiger partial charge in [-0.15, -0.1) is 11.3 Å². The third kappa shape index (κ3) is 4.26. The number of benzene rings is 1. The third-order valence-corrected chi connectivity index (χ3v) is 4.60. The van der Waals surface area contributed by atoms with Crippen LogP contribution in [0.25, 0.3) is 0 Å². The minimum atomic E-state index is -0.522. The number of hydrogen-bond acceptors (Lipinski definition) is 6. The molecule has 0 spiro atoms. The fraction of sp³-hybridized carbons (Fsp3) is 0.222. The number of amides is 2. The summed E-state index contributed by atoms with van der Waals surface area (Å²) in [7, 11) is 0. The molecular weight excluding hydrogens is 354 g/mol. The van der Waals surface area contributed by atoms with Crippen molar-refractivity contribution in [1.82, 2.24) is 0 Å². The maximum atomic E-state index is 12.4. The van der Waals surface area contributed by atoms with Crippen molar-refractivity contribution in [2.75, 3.05) is 17.2 Å². The van der Waals surface area contributed by atoms with E-state index in [1.165, 1.54) is 6.92 Å². The van der Waals surface area contributed by atoms with Crippen LogP contribution in [0, 0.1) is 18.3 Å². The van der Waals surface area contributed by atoms with Gasteiger partial charge < -0.3 is 15.4 Å². The van der Waals surface area contributed by atoms with Gasteiger partial charge in [0.15, 0.2) is 0 Å². The lowest BCUT2D eigenvalue weighted by atomic mass is 10.1. The molecule has 1 aromatic heterocycles. The molecule has 2 N–H and O–H groups in total. The maximum Gasteiger partial charge on any atom is 0.348 e. The first kappa shape index (κ1) is 19.1. The van der Waals surface area contributed by atoms with E-state index in [0.29, 0.717) is 26.7 Å². The van der Waals surface area contributed by atoms with Gasteiger partial charge in [0, 0.05) is 18.2 Å². The number of esters is 1. The topological polar surface area (TPSA) is 108 Å². The standard InChI is InChI=1S/C18H17N3O4S/c1-4-25-18(24)15-10(2)14(9-19)17(26-15)21-16(23)12-5-7-13(8-6-12)20-11(3)22/h5-8H,4H2,1-3H3,(H,20,22)(H,21,23). The van der Waals surface area contributed by atoms with E-state index < -0.39 is 11.9 Å². The molecule has 0 fully saturated rings. The number of carbonyl (C=O) groups is 3. The SMILES string of the molecule is CCOC(=O)c1sc(NC(=O)c2ccc(NC(C)=O)cc2)c(C#N)c1C. The number of ether oxygens (including phenoxy) is 1. The Hall–Kier alpha value is -3.18. The molecule has 0 aliphatic carbocycles. The Morgan fingerprint density at radius 1 is 1.19 bits per heavy atom. The zero-order chi connectivity index (χ0) is 19.3. The van der Waals surface area contributed by atoms with Gasteiger partial charge in [-0.25, -0.2) is 4.79 Å². The fourth-order valence-corrected chi connectivity index (χ4v) is 3.26. The number of carbonyl (C=O) groups excluding carboxylic acids is 3. The number of thiophene rings is 1. The van der Waals surface area contributed by atoms with Crippen LogP contribution in [0.1, 0.15) is 45.0 Å². The highest BCUT2D eigenvalue weighted by Gasteiger charge is 2.22. The van der Waals surface area contributed by atoms with Crippen molar-refractivity contribution in [3.8, 4) is 6.07 Å². The van der Waals surface area contributed by atoms with Crippen molar-refractivity contribution in [3.05, 3.63) is 45.8 Å². The molecule has 0 aliphatic heterocycles. The Balaban J connectivity index is 2.23. The molecule has 2 amide bonds. The maximum absolute atomic E-state index is 12.4. The second-order valence-electron chi connectivity index (χ2n) is 5.31. The second-order valence-corrected chi connectivity index (χ2v) is 6.33. The van der Waals surface area contributed by atoms with Gasteiger partial charge in [-0.1, -0.05) is 0 Å². The Labute approximate surface area is 154 Å². The van der Waals surface area contributed by atoms with E-state index >= 15 is 0 Å². The molecule has 26 heavy (non-hydrogen) atoms. The van der Waals surface area contributed by atoms with Gasteiger partial charge in [-0.3, -0.25) is 9.59 Å². The van der Waals surface area contributed by atoms with Crippen molar-refractivity contribution in [3.63, 3.8) is 0 Å². The third-order valence-electron chi connectivity index (χ3n) is 3.41. The van der Waals surface area contributed by atoms with E-state index in [0.717, 1.165) is 11.3 Å². The summed E-state index contributed by atoms with van der Waals surface area (Å²) in [6, 6.07) is 8.32. The molecular formula is C18H17N3O4S. The first-order valence-corrected chi connectivity index (χ1v) is 8.58. The molecule has 0 unspecified atom stereocenters. The Morgan fingerprint density at radius 2 is 1.85 bits per heavy atom. The van der Waals surface area contributed by atoms with E-state index in [-0.39, 0.29) is 18.1 Å². The van der Waals surface area contributed by atoms with Gasteiger partial charge in [-0.2, -0.15) is 5.26 Å². The zero-order valence-corrected chi connectivity index (χ0v) is 15.3.